The minimum absolute atomic E-state index is 0.542. The van der Waals surface area contributed by atoms with Crippen LogP contribution in [0.4, 0.5) is 0 Å². The maximum atomic E-state index is 8.65. The lowest BCUT2D eigenvalue weighted by Crippen LogP contribution is -2.20. The van der Waals surface area contributed by atoms with Crippen molar-refractivity contribution in [3.05, 3.63) is 29.8 Å². The summed E-state index contributed by atoms with van der Waals surface area (Å²) in [6, 6.07) is 10.4. The second kappa shape index (κ2) is 5.00. The van der Waals surface area contributed by atoms with Crippen molar-refractivity contribution in [2.75, 3.05) is 26.7 Å². The number of nitriles is 1. The van der Waals surface area contributed by atoms with Gasteiger partial charge in [-0.2, -0.15) is 5.26 Å². The van der Waals surface area contributed by atoms with E-state index in [9.17, 15) is 0 Å². The first-order chi connectivity index (χ1) is 7.83. The van der Waals surface area contributed by atoms with Crippen LogP contribution < -0.4 is 4.74 Å². The van der Waals surface area contributed by atoms with Gasteiger partial charge in [0.2, 0.25) is 0 Å². The number of ether oxygens (including phenoxy) is 1. The highest BCUT2D eigenvalue weighted by atomic mass is 16.5. The van der Waals surface area contributed by atoms with E-state index in [1.165, 1.54) is 5.56 Å². The quantitative estimate of drug-likeness (QED) is 0.725. The summed E-state index contributed by atoms with van der Waals surface area (Å²) < 4.78 is 5.22. The van der Waals surface area contributed by atoms with Gasteiger partial charge in [0.25, 0.3) is 0 Å². The summed E-state index contributed by atoms with van der Waals surface area (Å²) in [4.78, 5) is 2.20. The van der Waals surface area contributed by atoms with Crippen molar-refractivity contribution in [1.29, 1.82) is 5.26 Å². The molecular weight excluding hydrogens is 200 g/mol. The third kappa shape index (κ3) is 2.34. The molecule has 1 aliphatic rings. The SMILES string of the molecule is COc1cccc([C@H]2CCN(CC#N)C2)c1. The molecule has 0 saturated carbocycles. The molecule has 1 heterocycles. The molecule has 0 unspecified atom stereocenters. The smallest absolute Gasteiger partial charge is 0.119 e. The monoisotopic (exact) mass is 216 g/mol. The van der Waals surface area contributed by atoms with Crippen molar-refractivity contribution in [3.63, 3.8) is 0 Å². The molecule has 1 aromatic rings. The van der Waals surface area contributed by atoms with Crippen LogP contribution >= 0.6 is 0 Å². The fourth-order valence-electron chi connectivity index (χ4n) is 2.24. The zero-order chi connectivity index (χ0) is 11.4. The number of methoxy groups -OCH3 is 1. The van der Waals surface area contributed by atoms with Crippen molar-refractivity contribution in [1.82, 2.24) is 4.90 Å². The topological polar surface area (TPSA) is 36.3 Å². The number of hydrogen-bond acceptors (Lipinski definition) is 3. The highest BCUT2D eigenvalue weighted by Crippen LogP contribution is 2.28. The van der Waals surface area contributed by atoms with E-state index >= 15 is 0 Å². The molecule has 0 N–H and O–H groups in total. The molecule has 1 atom stereocenters. The Kier molecular flexibility index (Phi) is 3.43. The van der Waals surface area contributed by atoms with Crippen LogP contribution in [0.2, 0.25) is 0 Å². The molecule has 0 aromatic heterocycles. The molecule has 0 amide bonds. The van der Waals surface area contributed by atoms with Crippen molar-refractivity contribution in [3.8, 4) is 11.8 Å². The van der Waals surface area contributed by atoms with Crippen LogP contribution in [-0.2, 0) is 0 Å². The van der Waals surface area contributed by atoms with Crippen molar-refractivity contribution in [2.24, 2.45) is 0 Å². The van der Waals surface area contributed by atoms with Crippen LogP contribution in [0.15, 0.2) is 24.3 Å². The average Bonchev–Trinajstić information content (AvgIpc) is 2.78. The lowest BCUT2D eigenvalue weighted by molar-refractivity contribution is 0.375. The second-order valence-corrected chi connectivity index (χ2v) is 4.16. The zero-order valence-electron chi connectivity index (χ0n) is 9.52. The normalized spacial score (nSPS) is 20.6. The predicted octanol–water partition coefficient (Wildman–Crippen LogP) is 2.01. The maximum Gasteiger partial charge on any atom is 0.119 e. The summed E-state index contributed by atoms with van der Waals surface area (Å²) in [7, 11) is 1.69. The minimum Gasteiger partial charge on any atom is -0.497 e. The molecule has 1 aliphatic heterocycles. The van der Waals surface area contributed by atoms with Gasteiger partial charge in [-0.3, -0.25) is 4.90 Å². The third-order valence-electron chi connectivity index (χ3n) is 3.13. The Morgan fingerprint density at radius 2 is 2.44 bits per heavy atom. The molecule has 0 aliphatic carbocycles. The van der Waals surface area contributed by atoms with Gasteiger partial charge in [0, 0.05) is 6.54 Å². The van der Waals surface area contributed by atoms with E-state index in [2.05, 4.69) is 23.1 Å². The van der Waals surface area contributed by atoms with Crippen LogP contribution in [0, 0.1) is 11.3 Å². The Bertz CT molecular complexity index is 397. The average molecular weight is 216 g/mol. The first-order valence-electron chi connectivity index (χ1n) is 5.56. The van der Waals surface area contributed by atoms with Crippen LogP contribution in [0.25, 0.3) is 0 Å². The summed E-state index contributed by atoms with van der Waals surface area (Å²) in [6.45, 7) is 2.55. The fourth-order valence-corrected chi connectivity index (χ4v) is 2.24. The third-order valence-corrected chi connectivity index (χ3v) is 3.13. The van der Waals surface area contributed by atoms with Gasteiger partial charge >= 0.3 is 0 Å². The van der Waals surface area contributed by atoms with E-state index in [1.54, 1.807) is 7.11 Å². The van der Waals surface area contributed by atoms with Crippen molar-refractivity contribution >= 4 is 0 Å². The van der Waals surface area contributed by atoms with Gasteiger partial charge in [0.05, 0.1) is 19.7 Å². The largest absolute Gasteiger partial charge is 0.497 e. The summed E-state index contributed by atoms with van der Waals surface area (Å²) in [5.41, 5.74) is 1.32. The molecule has 1 aromatic carbocycles. The second-order valence-electron chi connectivity index (χ2n) is 4.16. The molecule has 1 saturated heterocycles. The van der Waals surface area contributed by atoms with E-state index < -0.39 is 0 Å². The Morgan fingerprint density at radius 1 is 1.56 bits per heavy atom. The van der Waals surface area contributed by atoms with E-state index in [4.69, 9.17) is 10.00 Å². The molecular formula is C13H16N2O. The number of benzene rings is 1. The summed E-state index contributed by atoms with van der Waals surface area (Å²) in [6.07, 6.45) is 1.13. The molecule has 0 radical (unpaired) electrons. The number of likely N-dealkylation sites (tertiary alicyclic amines) is 1. The molecule has 1 fully saturated rings. The van der Waals surface area contributed by atoms with E-state index in [-0.39, 0.29) is 0 Å². The van der Waals surface area contributed by atoms with Gasteiger partial charge in [0.1, 0.15) is 5.75 Å². The molecule has 16 heavy (non-hydrogen) atoms. The van der Waals surface area contributed by atoms with E-state index in [1.807, 2.05) is 12.1 Å². The van der Waals surface area contributed by atoms with Gasteiger partial charge in [-0.15, -0.1) is 0 Å². The highest BCUT2D eigenvalue weighted by molar-refractivity contribution is 5.31. The molecule has 2 rings (SSSR count). The summed E-state index contributed by atoms with van der Waals surface area (Å²) in [5, 5.41) is 8.65. The lowest BCUT2D eigenvalue weighted by Gasteiger charge is -2.13. The van der Waals surface area contributed by atoms with Crippen LogP contribution in [0.1, 0.15) is 17.9 Å². The summed E-state index contributed by atoms with van der Waals surface area (Å²) in [5.74, 6) is 1.46. The first-order valence-corrected chi connectivity index (χ1v) is 5.56. The van der Waals surface area contributed by atoms with E-state index in [0.717, 1.165) is 25.3 Å². The molecule has 0 spiro atoms. The van der Waals surface area contributed by atoms with Gasteiger partial charge in [0.15, 0.2) is 0 Å². The number of hydrogen-bond donors (Lipinski definition) is 0. The van der Waals surface area contributed by atoms with Crippen molar-refractivity contribution < 1.29 is 4.74 Å². The van der Waals surface area contributed by atoms with Crippen LogP contribution in [-0.4, -0.2) is 31.6 Å². The lowest BCUT2D eigenvalue weighted by atomic mass is 9.98. The van der Waals surface area contributed by atoms with Crippen LogP contribution in [0.3, 0.4) is 0 Å². The highest BCUT2D eigenvalue weighted by Gasteiger charge is 2.23. The molecule has 3 nitrogen and oxygen atoms in total. The Labute approximate surface area is 96.2 Å². The standard InChI is InChI=1S/C13H16N2O/c1-16-13-4-2-3-11(9-13)12-5-7-15(10-12)8-6-14/h2-4,9,12H,5,7-8,10H2,1H3/t12-/m0/s1. The first kappa shape index (κ1) is 11.0. The predicted molar refractivity (Wildman–Crippen MR) is 62.4 cm³/mol. The molecule has 0 bridgehead atoms. The van der Waals surface area contributed by atoms with Crippen LogP contribution in [0.5, 0.6) is 5.75 Å². The van der Waals surface area contributed by atoms with Gasteiger partial charge < -0.3 is 4.74 Å². The minimum atomic E-state index is 0.542. The Balaban J connectivity index is 2.05. The molecule has 84 valence electrons. The van der Waals surface area contributed by atoms with Gasteiger partial charge in [-0.25, -0.2) is 0 Å². The fraction of sp³-hybridized carbons (Fsp3) is 0.462. The van der Waals surface area contributed by atoms with E-state index in [0.29, 0.717) is 12.5 Å². The number of nitrogens with zero attached hydrogens (tertiary/aromatic N) is 2. The Morgan fingerprint density at radius 3 is 3.19 bits per heavy atom. The Hall–Kier alpha value is -1.53. The zero-order valence-corrected chi connectivity index (χ0v) is 9.52. The van der Waals surface area contributed by atoms with Gasteiger partial charge in [-0.1, -0.05) is 12.1 Å². The summed E-state index contributed by atoms with van der Waals surface area (Å²) >= 11 is 0. The number of rotatable bonds is 3. The van der Waals surface area contributed by atoms with Gasteiger partial charge in [-0.05, 0) is 36.6 Å². The maximum absolute atomic E-state index is 8.65. The molecule has 3 heteroatoms. The van der Waals surface area contributed by atoms with Crippen molar-refractivity contribution in [2.45, 2.75) is 12.3 Å².